The van der Waals surface area contributed by atoms with Crippen molar-refractivity contribution in [1.29, 1.82) is 0 Å². The van der Waals surface area contributed by atoms with E-state index in [-0.39, 0.29) is 30.5 Å². The second kappa shape index (κ2) is 6.41. The summed E-state index contributed by atoms with van der Waals surface area (Å²) in [7, 11) is 1.63. The number of carbonyl (C=O) groups excluding carboxylic acids is 2. The van der Waals surface area contributed by atoms with Gasteiger partial charge in [0.05, 0.1) is 29.1 Å². The Hall–Kier alpha value is -2.35. The van der Waals surface area contributed by atoms with Crippen molar-refractivity contribution in [1.82, 2.24) is 19.8 Å². The normalized spacial score (nSPS) is 14.5. The number of thioether (sulfide) groups is 1. The topological polar surface area (TPSA) is 86.4 Å². The Morgan fingerprint density at radius 1 is 1.39 bits per heavy atom. The number of hydrogen-bond donors (Lipinski definition) is 1. The summed E-state index contributed by atoms with van der Waals surface area (Å²) in [6.45, 7) is 0.244. The van der Waals surface area contributed by atoms with E-state index in [1.54, 1.807) is 25.2 Å². The number of rotatable bonds is 4. The van der Waals surface area contributed by atoms with E-state index in [0.717, 1.165) is 0 Å². The molecule has 0 unspecified atom stereocenters. The van der Waals surface area contributed by atoms with Crippen molar-refractivity contribution in [2.45, 2.75) is 6.54 Å². The average Bonchev–Trinajstić information content (AvgIpc) is 2.92. The smallest absolute Gasteiger partial charge is 0.258 e. The zero-order valence-electron chi connectivity index (χ0n) is 12.6. The first kappa shape index (κ1) is 15.5. The standard InChI is InChI=1S/C15H16N4O3S/c1-18(13(20)7-19-9-23-8-14(19)21)6-12-16-11-5-3-2-4-10(11)15(22)17-12/h2-5H,6-9H2,1H3,(H,16,17,22). The third-order valence-electron chi connectivity index (χ3n) is 3.63. The van der Waals surface area contributed by atoms with Crippen LogP contribution >= 0.6 is 11.8 Å². The zero-order valence-corrected chi connectivity index (χ0v) is 13.4. The van der Waals surface area contributed by atoms with Gasteiger partial charge in [-0.3, -0.25) is 14.4 Å². The largest absolute Gasteiger partial charge is 0.337 e. The molecule has 0 spiro atoms. The number of amides is 2. The van der Waals surface area contributed by atoms with Crippen LogP contribution in [-0.2, 0) is 16.1 Å². The van der Waals surface area contributed by atoms with Crippen molar-refractivity contribution in [3.8, 4) is 0 Å². The molecule has 0 radical (unpaired) electrons. The van der Waals surface area contributed by atoms with Gasteiger partial charge < -0.3 is 14.8 Å². The Balaban J connectivity index is 1.72. The van der Waals surface area contributed by atoms with Crippen LogP contribution in [0.25, 0.3) is 10.9 Å². The highest BCUT2D eigenvalue weighted by Gasteiger charge is 2.24. The molecular weight excluding hydrogens is 316 g/mol. The molecule has 0 aliphatic carbocycles. The van der Waals surface area contributed by atoms with Crippen molar-refractivity contribution in [2.24, 2.45) is 0 Å². The molecule has 23 heavy (non-hydrogen) atoms. The lowest BCUT2D eigenvalue weighted by Gasteiger charge is -2.20. The van der Waals surface area contributed by atoms with Crippen LogP contribution in [0.15, 0.2) is 29.1 Å². The van der Waals surface area contributed by atoms with Crippen molar-refractivity contribution in [3.63, 3.8) is 0 Å². The van der Waals surface area contributed by atoms with E-state index in [1.807, 2.05) is 6.07 Å². The summed E-state index contributed by atoms with van der Waals surface area (Å²) >= 11 is 1.50. The van der Waals surface area contributed by atoms with Gasteiger partial charge in [0.2, 0.25) is 11.8 Å². The number of aromatic nitrogens is 2. The Morgan fingerprint density at radius 3 is 2.91 bits per heavy atom. The number of nitrogens with zero attached hydrogens (tertiary/aromatic N) is 3. The predicted molar refractivity (Wildman–Crippen MR) is 87.9 cm³/mol. The highest BCUT2D eigenvalue weighted by molar-refractivity contribution is 8.00. The summed E-state index contributed by atoms with van der Waals surface area (Å²) in [4.78, 5) is 45.8. The average molecular weight is 332 g/mol. The number of likely N-dealkylation sites (N-methyl/N-ethyl adjacent to an activating group) is 1. The zero-order chi connectivity index (χ0) is 16.4. The summed E-state index contributed by atoms with van der Waals surface area (Å²) in [6.07, 6.45) is 0. The third-order valence-corrected chi connectivity index (χ3v) is 4.57. The fraction of sp³-hybridized carbons (Fsp3) is 0.333. The SMILES string of the molecule is CN(Cc1nc2ccccc2c(=O)[nH]1)C(=O)CN1CSCC1=O. The molecule has 1 N–H and O–H groups in total. The minimum absolute atomic E-state index is 0.0195. The number of carbonyl (C=O) groups is 2. The minimum atomic E-state index is -0.224. The number of aromatic amines is 1. The highest BCUT2D eigenvalue weighted by atomic mass is 32.2. The number of hydrogen-bond acceptors (Lipinski definition) is 5. The van der Waals surface area contributed by atoms with E-state index in [2.05, 4.69) is 9.97 Å². The monoisotopic (exact) mass is 332 g/mol. The first-order valence-corrected chi connectivity index (χ1v) is 8.27. The Labute approximate surface area is 136 Å². The maximum Gasteiger partial charge on any atom is 0.258 e. The summed E-state index contributed by atoms with van der Waals surface area (Å²) < 4.78 is 0. The number of nitrogens with one attached hydrogen (secondary N) is 1. The Kier molecular flexibility index (Phi) is 4.33. The molecule has 1 aliphatic heterocycles. The van der Waals surface area contributed by atoms with Gasteiger partial charge in [-0.05, 0) is 12.1 Å². The van der Waals surface area contributed by atoms with E-state index < -0.39 is 0 Å². The van der Waals surface area contributed by atoms with Crippen LogP contribution in [0.2, 0.25) is 0 Å². The first-order chi connectivity index (χ1) is 11.0. The van der Waals surface area contributed by atoms with Crippen LogP contribution in [0.3, 0.4) is 0 Å². The maximum absolute atomic E-state index is 12.2. The van der Waals surface area contributed by atoms with Crippen LogP contribution in [-0.4, -0.2) is 56.8 Å². The lowest BCUT2D eigenvalue weighted by molar-refractivity contribution is -0.137. The molecule has 2 aromatic rings. The second-order valence-electron chi connectivity index (χ2n) is 5.35. The number of H-pyrrole nitrogens is 1. The van der Waals surface area contributed by atoms with Gasteiger partial charge >= 0.3 is 0 Å². The molecule has 1 saturated heterocycles. The number of para-hydroxylation sites is 1. The molecule has 0 atom stereocenters. The van der Waals surface area contributed by atoms with Crippen LogP contribution < -0.4 is 5.56 Å². The quantitative estimate of drug-likeness (QED) is 0.877. The van der Waals surface area contributed by atoms with Gasteiger partial charge in [-0.15, -0.1) is 11.8 Å². The molecule has 1 aromatic carbocycles. The minimum Gasteiger partial charge on any atom is -0.337 e. The molecule has 0 bridgehead atoms. The van der Waals surface area contributed by atoms with Crippen molar-refractivity contribution >= 4 is 34.5 Å². The highest BCUT2D eigenvalue weighted by Crippen LogP contribution is 2.14. The fourth-order valence-corrected chi connectivity index (χ4v) is 3.25. The van der Waals surface area contributed by atoms with Crippen molar-refractivity contribution < 1.29 is 9.59 Å². The van der Waals surface area contributed by atoms with E-state index in [4.69, 9.17) is 0 Å². The predicted octanol–water partition coefficient (Wildman–Crippen LogP) is 0.414. The Morgan fingerprint density at radius 2 is 2.17 bits per heavy atom. The van der Waals surface area contributed by atoms with Crippen LogP contribution in [0.4, 0.5) is 0 Å². The molecule has 7 nitrogen and oxygen atoms in total. The van der Waals surface area contributed by atoms with Crippen LogP contribution in [0.5, 0.6) is 0 Å². The molecule has 8 heteroatoms. The molecule has 1 aliphatic rings. The Bertz CT molecular complexity index is 820. The molecule has 2 amide bonds. The summed E-state index contributed by atoms with van der Waals surface area (Å²) in [6, 6.07) is 7.05. The van der Waals surface area contributed by atoms with Crippen molar-refractivity contribution in [2.75, 3.05) is 25.2 Å². The number of fused-ring (bicyclic) bond motifs is 1. The van der Waals surface area contributed by atoms with E-state index in [1.165, 1.54) is 21.6 Å². The van der Waals surface area contributed by atoms with Gasteiger partial charge in [-0.25, -0.2) is 4.98 Å². The van der Waals surface area contributed by atoms with Crippen LogP contribution in [0, 0.1) is 0 Å². The molecule has 2 heterocycles. The van der Waals surface area contributed by atoms with Gasteiger partial charge in [0.25, 0.3) is 5.56 Å². The first-order valence-electron chi connectivity index (χ1n) is 7.12. The summed E-state index contributed by atoms with van der Waals surface area (Å²) in [5.41, 5.74) is 0.371. The van der Waals surface area contributed by atoms with Crippen molar-refractivity contribution in [3.05, 3.63) is 40.4 Å². The molecule has 1 aromatic heterocycles. The van der Waals surface area contributed by atoms with Crippen LogP contribution in [0.1, 0.15) is 5.82 Å². The molecule has 0 saturated carbocycles. The summed E-state index contributed by atoms with van der Waals surface area (Å²) in [5.74, 6) is 1.19. The summed E-state index contributed by atoms with van der Waals surface area (Å²) in [5, 5.41) is 0.518. The maximum atomic E-state index is 12.2. The lowest BCUT2D eigenvalue weighted by Crippen LogP contribution is -2.39. The van der Waals surface area contributed by atoms with Gasteiger partial charge in [0.1, 0.15) is 12.4 Å². The second-order valence-corrected chi connectivity index (χ2v) is 6.30. The molecule has 1 fully saturated rings. The molecular formula is C15H16N4O3S. The van der Waals surface area contributed by atoms with Gasteiger partial charge in [0.15, 0.2) is 0 Å². The van der Waals surface area contributed by atoms with Gasteiger partial charge in [0, 0.05) is 7.05 Å². The molecule has 120 valence electrons. The van der Waals surface area contributed by atoms with Gasteiger partial charge in [-0.2, -0.15) is 0 Å². The van der Waals surface area contributed by atoms with E-state index in [9.17, 15) is 14.4 Å². The third kappa shape index (κ3) is 3.37. The van der Waals surface area contributed by atoms with E-state index in [0.29, 0.717) is 28.4 Å². The number of benzene rings is 1. The molecule has 3 rings (SSSR count). The van der Waals surface area contributed by atoms with Gasteiger partial charge in [-0.1, -0.05) is 12.1 Å². The lowest BCUT2D eigenvalue weighted by atomic mass is 10.2. The van der Waals surface area contributed by atoms with E-state index >= 15 is 0 Å². The fourth-order valence-electron chi connectivity index (χ4n) is 2.35.